The van der Waals surface area contributed by atoms with Gasteiger partial charge in [-0.15, -0.1) is 5.10 Å². The van der Waals surface area contributed by atoms with Crippen molar-refractivity contribution in [3.8, 4) is 11.4 Å². The summed E-state index contributed by atoms with van der Waals surface area (Å²) in [6.45, 7) is 7.53. The molecule has 6 rings (SSSR count). The van der Waals surface area contributed by atoms with Gasteiger partial charge in [0.1, 0.15) is 17.5 Å². The van der Waals surface area contributed by atoms with Gasteiger partial charge in [-0.1, -0.05) is 13.8 Å². The highest BCUT2D eigenvalue weighted by Gasteiger charge is 2.17. The first-order valence-corrected chi connectivity index (χ1v) is 12.5. The van der Waals surface area contributed by atoms with Gasteiger partial charge in [-0.3, -0.25) is 0 Å². The predicted octanol–water partition coefficient (Wildman–Crippen LogP) is 4.48. The van der Waals surface area contributed by atoms with E-state index in [0.29, 0.717) is 17.6 Å². The molecule has 0 atom stereocenters. The molecule has 0 spiro atoms. The maximum absolute atomic E-state index is 5.49. The Labute approximate surface area is 214 Å². The molecule has 6 heterocycles. The van der Waals surface area contributed by atoms with E-state index in [0.717, 1.165) is 65.6 Å². The molecule has 5 aromatic heterocycles. The van der Waals surface area contributed by atoms with Gasteiger partial charge in [0.05, 0.1) is 25.1 Å². The van der Waals surface area contributed by atoms with Crippen molar-refractivity contribution in [3.05, 3.63) is 60.7 Å². The number of rotatable bonds is 6. The Morgan fingerprint density at radius 2 is 1.78 bits per heavy atom. The minimum absolute atomic E-state index is 0.411. The number of hydrogen-bond acceptors (Lipinski definition) is 9. The van der Waals surface area contributed by atoms with Crippen molar-refractivity contribution >= 4 is 39.6 Å². The van der Waals surface area contributed by atoms with Crippen molar-refractivity contribution in [2.45, 2.75) is 19.8 Å². The molecule has 0 radical (unpaired) electrons. The minimum atomic E-state index is 0.411. The molecule has 37 heavy (non-hydrogen) atoms. The number of aromatic nitrogens is 6. The molecule has 0 saturated carbocycles. The van der Waals surface area contributed by atoms with Crippen LogP contribution in [0.1, 0.15) is 25.3 Å². The number of nitrogens with zero attached hydrogens (tertiary/aromatic N) is 7. The van der Waals surface area contributed by atoms with Crippen LogP contribution in [0.2, 0.25) is 0 Å². The summed E-state index contributed by atoms with van der Waals surface area (Å²) in [5.41, 5.74) is 3.93. The summed E-state index contributed by atoms with van der Waals surface area (Å²) in [7, 11) is 1.85. The SMILES string of the molecule is CNc1ncc(-c2nc3ccc(N4CCOCC4)cn3n2)c2cc(Nc3cc(C(C)C)ccn3)ncc12. The van der Waals surface area contributed by atoms with Crippen LogP contribution in [0.3, 0.4) is 0 Å². The van der Waals surface area contributed by atoms with Crippen LogP contribution in [0.15, 0.2) is 55.1 Å². The maximum Gasteiger partial charge on any atom is 0.184 e. The van der Waals surface area contributed by atoms with Crippen LogP contribution >= 0.6 is 0 Å². The number of morpholine rings is 1. The highest BCUT2D eigenvalue weighted by Crippen LogP contribution is 2.32. The largest absolute Gasteiger partial charge is 0.378 e. The van der Waals surface area contributed by atoms with E-state index in [-0.39, 0.29) is 0 Å². The highest BCUT2D eigenvalue weighted by atomic mass is 16.5. The smallest absolute Gasteiger partial charge is 0.184 e. The molecule has 1 saturated heterocycles. The zero-order valence-corrected chi connectivity index (χ0v) is 21.1. The fourth-order valence-electron chi connectivity index (χ4n) is 4.58. The van der Waals surface area contributed by atoms with Gasteiger partial charge in [-0.05, 0) is 41.8 Å². The topological polar surface area (TPSA) is 105 Å². The molecule has 5 aromatic rings. The van der Waals surface area contributed by atoms with Gasteiger partial charge in [0.2, 0.25) is 0 Å². The molecule has 0 bridgehead atoms. The molecule has 1 aliphatic heterocycles. The Morgan fingerprint density at radius 3 is 2.59 bits per heavy atom. The summed E-state index contributed by atoms with van der Waals surface area (Å²) in [4.78, 5) is 20.8. The van der Waals surface area contributed by atoms with Crippen molar-refractivity contribution in [1.29, 1.82) is 0 Å². The summed E-state index contributed by atoms with van der Waals surface area (Å²) >= 11 is 0. The van der Waals surface area contributed by atoms with Crippen molar-refractivity contribution in [2.24, 2.45) is 0 Å². The first-order chi connectivity index (χ1) is 18.1. The van der Waals surface area contributed by atoms with E-state index >= 15 is 0 Å². The van der Waals surface area contributed by atoms with Gasteiger partial charge in [-0.2, -0.15) is 0 Å². The molecule has 2 N–H and O–H groups in total. The third-order valence-electron chi connectivity index (χ3n) is 6.65. The lowest BCUT2D eigenvalue weighted by molar-refractivity contribution is 0.122. The lowest BCUT2D eigenvalue weighted by atomic mass is 10.1. The van der Waals surface area contributed by atoms with Crippen LogP contribution in [-0.2, 0) is 4.74 Å². The first kappa shape index (κ1) is 23.1. The molecule has 10 heteroatoms. The molecular weight excluding hydrogens is 466 g/mol. The maximum atomic E-state index is 5.49. The molecule has 1 aliphatic rings. The van der Waals surface area contributed by atoms with Crippen molar-refractivity contribution < 1.29 is 4.74 Å². The summed E-state index contributed by atoms with van der Waals surface area (Å²) in [6, 6.07) is 10.2. The molecule has 0 aliphatic carbocycles. The van der Waals surface area contributed by atoms with Crippen LogP contribution in [-0.4, -0.2) is 62.9 Å². The number of ether oxygens (including phenoxy) is 1. The average Bonchev–Trinajstić information content (AvgIpc) is 3.36. The monoisotopic (exact) mass is 495 g/mol. The predicted molar refractivity (Wildman–Crippen MR) is 146 cm³/mol. The molecule has 1 fully saturated rings. The number of anilines is 4. The molecular formula is C27H29N9O. The van der Waals surface area contributed by atoms with Gasteiger partial charge in [-0.25, -0.2) is 24.5 Å². The minimum Gasteiger partial charge on any atom is -0.378 e. The summed E-state index contributed by atoms with van der Waals surface area (Å²) in [6.07, 6.45) is 7.47. The van der Waals surface area contributed by atoms with Gasteiger partial charge >= 0.3 is 0 Å². The molecule has 0 aromatic carbocycles. The quantitative estimate of drug-likeness (QED) is 0.353. The second-order valence-electron chi connectivity index (χ2n) is 9.36. The van der Waals surface area contributed by atoms with E-state index in [1.54, 1.807) is 0 Å². The Kier molecular flexibility index (Phi) is 6.01. The van der Waals surface area contributed by atoms with Crippen LogP contribution in [0, 0.1) is 0 Å². The second kappa shape index (κ2) is 9.62. The Bertz CT molecular complexity index is 1570. The van der Waals surface area contributed by atoms with E-state index in [1.165, 1.54) is 5.56 Å². The fraction of sp³-hybridized carbons (Fsp3) is 0.296. The van der Waals surface area contributed by atoms with Gasteiger partial charge in [0, 0.05) is 55.1 Å². The Hall–Kier alpha value is -4.31. The van der Waals surface area contributed by atoms with Crippen molar-refractivity contribution in [3.63, 3.8) is 0 Å². The lowest BCUT2D eigenvalue weighted by Crippen LogP contribution is -2.36. The van der Waals surface area contributed by atoms with E-state index in [1.807, 2.05) is 54.5 Å². The van der Waals surface area contributed by atoms with Gasteiger partial charge in [0.15, 0.2) is 11.5 Å². The molecule has 0 amide bonds. The molecule has 10 nitrogen and oxygen atoms in total. The third-order valence-corrected chi connectivity index (χ3v) is 6.65. The van der Waals surface area contributed by atoms with Crippen LogP contribution in [0.25, 0.3) is 27.8 Å². The van der Waals surface area contributed by atoms with Crippen LogP contribution in [0.5, 0.6) is 0 Å². The van der Waals surface area contributed by atoms with E-state index in [4.69, 9.17) is 14.8 Å². The number of nitrogens with one attached hydrogen (secondary N) is 2. The fourth-order valence-corrected chi connectivity index (χ4v) is 4.58. The van der Waals surface area contributed by atoms with Crippen molar-refractivity contribution in [1.82, 2.24) is 29.5 Å². The van der Waals surface area contributed by atoms with E-state index in [9.17, 15) is 0 Å². The first-order valence-electron chi connectivity index (χ1n) is 12.5. The molecule has 0 unspecified atom stereocenters. The Morgan fingerprint density at radius 1 is 0.946 bits per heavy atom. The van der Waals surface area contributed by atoms with Crippen LogP contribution < -0.4 is 15.5 Å². The van der Waals surface area contributed by atoms with Crippen molar-refractivity contribution in [2.75, 3.05) is 48.9 Å². The average molecular weight is 496 g/mol. The number of fused-ring (bicyclic) bond motifs is 2. The van der Waals surface area contributed by atoms with Gasteiger partial charge in [0.25, 0.3) is 0 Å². The third kappa shape index (κ3) is 4.51. The summed E-state index contributed by atoms with van der Waals surface area (Å²) in [5.74, 6) is 3.21. The normalized spacial score (nSPS) is 14.0. The standard InChI is InChI=1S/C27H29N9O/c1-17(2)18-6-7-29-23(12-18)32-24-13-20-21(14-30-24)26(28-3)31-15-22(20)27-33-25-5-4-19(16-36(25)34-27)35-8-10-37-11-9-35/h4-7,12-17H,8-11H2,1-3H3,(H,28,31)(H,29,30,32). The van der Waals surface area contributed by atoms with E-state index < -0.39 is 0 Å². The zero-order chi connectivity index (χ0) is 25.4. The zero-order valence-electron chi connectivity index (χ0n) is 21.1. The van der Waals surface area contributed by atoms with E-state index in [2.05, 4.69) is 56.5 Å². The number of hydrogen-bond donors (Lipinski definition) is 2. The summed E-state index contributed by atoms with van der Waals surface area (Å²) in [5, 5.41) is 13.2. The second-order valence-corrected chi connectivity index (χ2v) is 9.36. The van der Waals surface area contributed by atoms with Gasteiger partial charge < -0.3 is 20.3 Å². The number of pyridine rings is 4. The molecule has 188 valence electrons. The Balaban J connectivity index is 1.40. The highest BCUT2D eigenvalue weighted by molar-refractivity contribution is 6.01. The van der Waals surface area contributed by atoms with Crippen LogP contribution in [0.4, 0.5) is 23.1 Å². The lowest BCUT2D eigenvalue weighted by Gasteiger charge is -2.28. The summed E-state index contributed by atoms with van der Waals surface area (Å²) < 4.78 is 7.32.